The molecule has 2 unspecified atom stereocenters. The molecule has 4 fully saturated rings. The van der Waals surface area contributed by atoms with Crippen molar-refractivity contribution in [3.8, 4) is 23.0 Å². The van der Waals surface area contributed by atoms with Gasteiger partial charge in [-0.3, -0.25) is 9.89 Å². The molecule has 2 atom stereocenters. The molecule has 18 nitrogen and oxygen atoms in total. The van der Waals surface area contributed by atoms with Crippen LogP contribution in [0, 0.1) is 13.8 Å². The highest BCUT2D eigenvalue weighted by Crippen LogP contribution is 2.38. The lowest BCUT2D eigenvalue weighted by atomic mass is 9.96. The van der Waals surface area contributed by atoms with Crippen LogP contribution in [0.25, 0.3) is 0 Å². The number of nitrogens with zero attached hydrogens (tertiary/aromatic N) is 7. The third-order valence-corrected chi connectivity index (χ3v) is 15.3. The smallest absolute Gasteiger partial charge is 0.277 e. The molecule has 6 aromatic rings. The van der Waals surface area contributed by atoms with E-state index < -0.39 is 10.2 Å². The van der Waals surface area contributed by atoms with Gasteiger partial charge < -0.3 is 43.4 Å². The molecule has 2 aromatic heterocycles. The summed E-state index contributed by atoms with van der Waals surface area (Å²) < 4.78 is 49.4. The van der Waals surface area contributed by atoms with Gasteiger partial charge in [-0.25, -0.2) is 15.1 Å². The molecule has 10 rings (SSSR count). The van der Waals surface area contributed by atoms with Crippen LogP contribution in [0.5, 0.6) is 23.0 Å². The molecule has 4 N–H and O–H groups in total. The molecular formula is C56H72N10O8S. The minimum Gasteiger partial charge on any atom is -0.493 e. The van der Waals surface area contributed by atoms with Crippen LogP contribution in [0.2, 0.25) is 0 Å². The monoisotopic (exact) mass is 1040 g/mol. The number of aromatic nitrogens is 5. The number of aromatic amines is 2. The maximum atomic E-state index is 13.3. The summed E-state index contributed by atoms with van der Waals surface area (Å²) in [5.41, 5.74) is 5.29. The first-order valence-electron chi connectivity index (χ1n) is 26.0. The number of ether oxygens (including phenoxy) is 4. The van der Waals surface area contributed by atoms with Crippen molar-refractivity contribution in [2.24, 2.45) is 5.14 Å². The summed E-state index contributed by atoms with van der Waals surface area (Å²) >= 11 is 0. The Balaban J connectivity index is 0.000000172. The largest absolute Gasteiger partial charge is 0.493 e. The van der Waals surface area contributed by atoms with E-state index in [1.54, 1.807) is 27.3 Å². The second-order valence-electron chi connectivity index (χ2n) is 19.6. The van der Waals surface area contributed by atoms with Crippen molar-refractivity contribution >= 4 is 33.8 Å². The van der Waals surface area contributed by atoms with E-state index in [1.807, 2.05) is 67.6 Å². The van der Waals surface area contributed by atoms with Gasteiger partial charge in [0.05, 0.1) is 45.3 Å². The number of imidazole rings is 1. The number of piperazine rings is 2. The number of anilines is 2. The van der Waals surface area contributed by atoms with E-state index in [4.69, 9.17) is 24.1 Å². The Morgan fingerprint density at radius 2 is 1.27 bits per heavy atom. The van der Waals surface area contributed by atoms with E-state index in [2.05, 4.69) is 76.2 Å². The fourth-order valence-corrected chi connectivity index (χ4v) is 11.0. The van der Waals surface area contributed by atoms with Crippen LogP contribution in [0.15, 0.2) is 103 Å². The molecule has 19 heteroatoms. The van der Waals surface area contributed by atoms with Crippen molar-refractivity contribution in [2.75, 3.05) is 63.3 Å². The van der Waals surface area contributed by atoms with E-state index in [9.17, 15) is 18.0 Å². The molecule has 0 spiro atoms. The summed E-state index contributed by atoms with van der Waals surface area (Å²) in [7, 11) is -0.439. The summed E-state index contributed by atoms with van der Waals surface area (Å²) in [5, 5.41) is 11.9. The zero-order valence-corrected chi connectivity index (χ0v) is 44.4. The van der Waals surface area contributed by atoms with Gasteiger partial charge in [-0.15, -0.1) is 0 Å². The van der Waals surface area contributed by atoms with Gasteiger partial charge in [-0.2, -0.15) is 17.8 Å². The summed E-state index contributed by atoms with van der Waals surface area (Å²) in [6.07, 6.45) is 13.1. The topological polar surface area (TPSA) is 214 Å². The van der Waals surface area contributed by atoms with E-state index in [0.717, 1.165) is 103 Å². The number of hydrogen-bond acceptors (Lipinski definition) is 13. The van der Waals surface area contributed by atoms with Gasteiger partial charge in [0.2, 0.25) is 5.91 Å². The number of nitrogens with one attached hydrogen (secondary N) is 2. The van der Waals surface area contributed by atoms with Crippen LogP contribution in [-0.2, 0) is 45.5 Å². The molecule has 4 heterocycles. The van der Waals surface area contributed by atoms with Crippen molar-refractivity contribution in [3.05, 3.63) is 138 Å². The average molecular weight is 1050 g/mol. The first-order valence-corrected chi connectivity index (χ1v) is 27.5. The number of benzene rings is 4. The number of aryl methyl sites for hydroxylation is 2. The SMILES string of the molecule is COc1ccc(N2CCN(C(=O)Cc3cnc(C)[nH]3)C(Cc3ccccc3)C2)cc1OC1CCC1.COc1ccc(N2CCN(S(N)(=O)=O)C(Cc3ccccc3)C2)cc1OC1CCCC1.Cc1n[nH]c(CC=O)n1. The lowest BCUT2D eigenvalue weighted by Crippen LogP contribution is -2.57. The molecule has 400 valence electrons. The average Bonchev–Trinajstić information content (AvgIpc) is 4.18. The summed E-state index contributed by atoms with van der Waals surface area (Å²) in [4.78, 5) is 41.2. The van der Waals surface area contributed by atoms with E-state index in [1.165, 1.54) is 29.1 Å². The number of H-pyrrole nitrogens is 2. The molecule has 2 saturated carbocycles. The molecule has 4 aliphatic rings. The Bertz CT molecular complexity index is 2880. The maximum absolute atomic E-state index is 13.3. The van der Waals surface area contributed by atoms with Gasteiger partial charge >= 0.3 is 0 Å². The van der Waals surface area contributed by atoms with Crippen LogP contribution in [0.1, 0.15) is 79.2 Å². The number of aldehydes is 1. The molecule has 2 saturated heterocycles. The fourth-order valence-electron chi connectivity index (χ4n) is 10.1. The third kappa shape index (κ3) is 15.1. The minimum atomic E-state index is -3.77. The second-order valence-corrected chi connectivity index (χ2v) is 21.1. The summed E-state index contributed by atoms with van der Waals surface area (Å²) in [6, 6.07) is 32.3. The van der Waals surface area contributed by atoms with Crippen molar-refractivity contribution < 1.29 is 37.0 Å². The number of rotatable bonds is 17. The first-order chi connectivity index (χ1) is 36.3. The molecule has 0 bridgehead atoms. The number of amides is 1. The van der Waals surface area contributed by atoms with Crippen molar-refractivity contribution in [3.63, 3.8) is 0 Å². The maximum Gasteiger partial charge on any atom is 0.277 e. The van der Waals surface area contributed by atoms with Gasteiger partial charge in [0.1, 0.15) is 23.8 Å². The van der Waals surface area contributed by atoms with Crippen molar-refractivity contribution in [1.29, 1.82) is 0 Å². The van der Waals surface area contributed by atoms with Gasteiger partial charge in [0.25, 0.3) is 10.2 Å². The Labute approximate surface area is 441 Å². The zero-order valence-electron chi connectivity index (χ0n) is 43.6. The van der Waals surface area contributed by atoms with E-state index in [-0.39, 0.29) is 30.2 Å². The summed E-state index contributed by atoms with van der Waals surface area (Å²) in [6.45, 7) is 7.35. The number of methoxy groups -OCH3 is 2. The fraction of sp³-hybridized carbons (Fsp3) is 0.446. The first kappa shape index (κ1) is 54.3. The molecule has 4 aromatic carbocycles. The van der Waals surface area contributed by atoms with E-state index >= 15 is 0 Å². The number of carbonyl (C=O) groups excluding carboxylic acids is 2. The number of carbonyl (C=O) groups is 2. The zero-order chi connectivity index (χ0) is 52.7. The second kappa shape index (κ2) is 26.0. The minimum absolute atomic E-state index is 0.0702. The Kier molecular flexibility index (Phi) is 18.8. The summed E-state index contributed by atoms with van der Waals surface area (Å²) in [5.74, 6) is 5.32. The highest BCUT2D eigenvalue weighted by molar-refractivity contribution is 7.86. The van der Waals surface area contributed by atoms with E-state index in [0.29, 0.717) is 57.1 Å². The highest BCUT2D eigenvalue weighted by atomic mass is 32.2. The van der Waals surface area contributed by atoms with Crippen LogP contribution in [-0.4, -0.2) is 133 Å². The highest BCUT2D eigenvalue weighted by Gasteiger charge is 2.35. The van der Waals surface area contributed by atoms with Crippen LogP contribution in [0.3, 0.4) is 0 Å². The third-order valence-electron chi connectivity index (χ3n) is 14.2. The molecule has 75 heavy (non-hydrogen) atoms. The predicted octanol–water partition coefficient (Wildman–Crippen LogP) is 6.97. The van der Waals surface area contributed by atoms with Crippen molar-refractivity contribution in [1.82, 2.24) is 34.4 Å². The lowest BCUT2D eigenvalue weighted by molar-refractivity contribution is -0.133. The molecule has 0 radical (unpaired) electrons. The van der Waals surface area contributed by atoms with Gasteiger partial charge in [0.15, 0.2) is 23.0 Å². The standard InChI is InChI=1S/C28H34N4O3.C23H31N3O4S.C5H7N3O/c1-20-29-18-22(30-20)16-28(33)32-14-13-31(19-24(32)15-21-7-4-3-5-8-21)23-11-12-26(34-2)27(17-23)35-25-9-6-10-25;1-29-22-12-11-19(16-23(22)30-21-9-5-6-10-21)25-13-14-26(31(24,27)28)20(17-25)15-18-7-3-2-4-8-18;1-4-6-5(2-3-9)8-7-4/h3-5,7-8,11-12,17-18,24-25H,6,9-10,13-16,19H2,1-2H3,(H,29,30);2-4,7-8,11-12,16,20-21H,5-6,9-10,13-15,17H2,1H3,(H2,24,27,28);3H,2H2,1H3,(H,6,7,8). The molecular weight excluding hydrogens is 973 g/mol. The van der Waals surface area contributed by atoms with Crippen LogP contribution >= 0.6 is 0 Å². The van der Waals surface area contributed by atoms with Gasteiger partial charge in [-0.05, 0) is 107 Å². The van der Waals surface area contributed by atoms with Crippen molar-refractivity contribution in [2.45, 2.75) is 109 Å². The Hall–Kier alpha value is -6.96. The van der Waals surface area contributed by atoms with Gasteiger partial charge in [-0.1, -0.05) is 60.7 Å². The quantitative estimate of drug-likeness (QED) is 0.0789. The molecule has 2 aliphatic carbocycles. The number of nitrogens with two attached hydrogens (primary N) is 1. The molecule has 2 aliphatic heterocycles. The Morgan fingerprint density at radius 3 is 1.75 bits per heavy atom. The number of hydrogen-bond donors (Lipinski definition) is 3. The van der Waals surface area contributed by atoms with Crippen LogP contribution < -0.4 is 33.9 Å². The Morgan fingerprint density at radius 1 is 0.720 bits per heavy atom. The van der Waals surface area contributed by atoms with Crippen LogP contribution in [0.4, 0.5) is 11.4 Å². The molecule has 1 amide bonds. The normalized spacial score (nSPS) is 18.2. The predicted molar refractivity (Wildman–Crippen MR) is 289 cm³/mol. The van der Waals surface area contributed by atoms with Gasteiger partial charge in [0, 0.05) is 80.7 Å². The lowest BCUT2D eigenvalue weighted by Gasteiger charge is -2.43.